The molecule has 0 radical (unpaired) electrons. The van der Waals surface area contributed by atoms with E-state index in [1.807, 2.05) is 13.0 Å². The number of methoxy groups -OCH3 is 2. The summed E-state index contributed by atoms with van der Waals surface area (Å²) in [5.74, 6) is 0.189. The summed E-state index contributed by atoms with van der Waals surface area (Å²) in [5.41, 5.74) is 1.75. The number of carbonyl (C=O) groups is 2. The van der Waals surface area contributed by atoms with Gasteiger partial charge in [0.1, 0.15) is 11.5 Å². The molecule has 5 heteroatoms. The average molecular weight is 251 g/mol. The summed E-state index contributed by atoms with van der Waals surface area (Å²) in [5, 5.41) is 2.54. The fourth-order valence-corrected chi connectivity index (χ4v) is 1.57. The molecule has 0 fully saturated rings. The van der Waals surface area contributed by atoms with Crippen LogP contribution in [0.15, 0.2) is 12.1 Å². The lowest BCUT2D eigenvalue weighted by molar-refractivity contribution is -0.136. The van der Waals surface area contributed by atoms with E-state index in [1.54, 1.807) is 20.3 Å². The van der Waals surface area contributed by atoms with E-state index in [2.05, 4.69) is 5.32 Å². The number of carbonyl (C=O) groups excluding carboxylic acids is 2. The number of amides is 1. The van der Waals surface area contributed by atoms with Crippen molar-refractivity contribution in [2.45, 2.75) is 20.4 Å². The monoisotopic (exact) mass is 251 g/mol. The van der Waals surface area contributed by atoms with Gasteiger partial charge in [0.15, 0.2) is 0 Å². The molecule has 1 aromatic carbocycles. The maximum Gasteiger partial charge on any atom is 0.287 e. The van der Waals surface area contributed by atoms with Crippen LogP contribution >= 0.6 is 0 Å². The molecule has 0 unspecified atom stereocenters. The van der Waals surface area contributed by atoms with Gasteiger partial charge in [0.25, 0.3) is 5.91 Å². The molecule has 0 aliphatic rings. The van der Waals surface area contributed by atoms with Gasteiger partial charge in [-0.25, -0.2) is 0 Å². The first kappa shape index (κ1) is 14.0. The summed E-state index contributed by atoms with van der Waals surface area (Å²) in [6.07, 6.45) is 0. The Morgan fingerprint density at radius 3 is 2.39 bits per heavy atom. The van der Waals surface area contributed by atoms with Gasteiger partial charge in [-0.2, -0.15) is 0 Å². The predicted octanol–water partition coefficient (Wildman–Crippen LogP) is 1.22. The van der Waals surface area contributed by atoms with Gasteiger partial charge >= 0.3 is 0 Å². The number of rotatable bonds is 5. The lowest BCUT2D eigenvalue weighted by atomic mass is 10.1. The van der Waals surface area contributed by atoms with Crippen LogP contribution in [0.2, 0.25) is 0 Å². The molecule has 0 aromatic heterocycles. The van der Waals surface area contributed by atoms with E-state index >= 15 is 0 Å². The molecule has 0 saturated heterocycles. The zero-order chi connectivity index (χ0) is 13.7. The molecule has 0 aliphatic carbocycles. The lowest BCUT2D eigenvalue weighted by Crippen LogP contribution is -2.29. The SMILES string of the molecule is COc1cc(C)c(CNC(=O)C(C)=O)c(OC)c1. The topological polar surface area (TPSA) is 64.6 Å². The normalized spacial score (nSPS) is 9.78. The van der Waals surface area contributed by atoms with Gasteiger partial charge < -0.3 is 14.8 Å². The van der Waals surface area contributed by atoms with Crippen LogP contribution in [-0.2, 0) is 16.1 Å². The molecule has 1 aromatic rings. The molecule has 1 rings (SSSR count). The lowest BCUT2D eigenvalue weighted by Gasteiger charge is -2.14. The molecule has 0 aliphatic heterocycles. The van der Waals surface area contributed by atoms with Gasteiger partial charge in [-0.1, -0.05) is 0 Å². The van der Waals surface area contributed by atoms with Crippen LogP contribution in [0, 0.1) is 6.92 Å². The highest BCUT2D eigenvalue weighted by atomic mass is 16.5. The predicted molar refractivity (Wildman–Crippen MR) is 66.8 cm³/mol. The fourth-order valence-electron chi connectivity index (χ4n) is 1.57. The quantitative estimate of drug-likeness (QED) is 0.799. The smallest absolute Gasteiger partial charge is 0.287 e. The van der Waals surface area contributed by atoms with E-state index in [1.165, 1.54) is 6.92 Å². The second-order valence-corrected chi connectivity index (χ2v) is 3.86. The van der Waals surface area contributed by atoms with E-state index in [-0.39, 0.29) is 6.54 Å². The van der Waals surface area contributed by atoms with E-state index in [9.17, 15) is 9.59 Å². The van der Waals surface area contributed by atoms with Crippen molar-refractivity contribution in [2.75, 3.05) is 14.2 Å². The third-order valence-corrected chi connectivity index (χ3v) is 2.61. The maximum atomic E-state index is 11.2. The molecule has 18 heavy (non-hydrogen) atoms. The average Bonchev–Trinajstić information content (AvgIpc) is 2.35. The Labute approximate surface area is 106 Å². The summed E-state index contributed by atoms with van der Waals surface area (Å²) in [6.45, 7) is 3.37. The van der Waals surface area contributed by atoms with Crippen molar-refractivity contribution in [1.82, 2.24) is 5.32 Å². The molecule has 5 nitrogen and oxygen atoms in total. The minimum absolute atomic E-state index is 0.247. The summed E-state index contributed by atoms with van der Waals surface area (Å²) in [6, 6.07) is 3.58. The van der Waals surface area contributed by atoms with Crippen molar-refractivity contribution in [1.29, 1.82) is 0 Å². The molecule has 1 amide bonds. The van der Waals surface area contributed by atoms with E-state index in [0.717, 1.165) is 11.1 Å². The van der Waals surface area contributed by atoms with Gasteiger partial charge in [0.05, 0.1) is 14.2 Å². The number of hydrogen-bond acceptors (Lipinski definition) is 4. The number of hydrogen-bond donors (Lipinski definition) is 1. The van der Waals surface area contributed by atoms with E-state index in [4.69, 9.17) is 9.47 Å². The van der Waals surface area contributed by atoms with Gasteiger partial charge in [-0.15, -0.1) is 0 Å². The fraction of sp³-hybridized carbons (Fsp3) is 0.385. The summed E-state index contributed by atoms with van der Waals surface area (Å²) >= 11 is 0. The van der Waals surface area contributed by atoms with Crippen LogP contribution in [0.1, 0.15) is 18.1 Å². The Hall–Kier alpha value is -2.04. The number of ether oxygens (including phenoxy) is 2. The van der Waals surface area contributed by atoms with Crippen molar-refractivity contribution in [3.8, 4) is 11.5 Å². The minimum atomic E-state index is -0.604. The van der Waals surface area contributed by atoms with Crippen LogP contribution in [0.4, 0.5) is 0 Å². The molecular weight excluding hydrogens is 234 g/mol. The second-order valence-electron chi connectivity index (χ2n) is 3.86. The van der Waals surface area contributed by atoms with Gasteiger partial charge in [-0.3, -0.25) is 9.59 Å². The zero-order valence-corrected chi connectivity index (χ0v) is 11.0. The summed E-state index contributed by atoms with van der Waals surface area (Å²) in [4.78, 5) is 22.1. The molecule has 0 spiro atoms. The van der Waals surface area contributed by atoms with Crippen molar-refractivity contribution in [2.24, 2.45) is 0 Å². The zero-order valence-electron chi connectivity index (χ0n) is 11.0. The van der Waals surface area contributed by atoms with Crippen molar-refractivity contribution < 1.29 is 19.1 Å². The second kappa shape index (κ2) is 6.05. The van der Waals surface area contributed by atoms with Crippen LogP contribution in [-0.4, -0.2) is 25.9 Å². The van der Waals surface area contributed by atoms with E-state index in [0.29, 0.717) is 11.5 Å². The molecule has 1 N–H and O–H groups in total. The molecule has 98 valence electrons. The van der Waals surface area contributed by atoms with Gasteiger partial charge in [0.2, 0.25) is 5.78 Å². The van der Waals surface area contributed by atoms with Crippen LogP contribution in [0.5, 0.6) is 11.5 Å². The third kappa shape index (κ3) is 3.23. The van der Waals surface area contributed by atoms with Gasteiger partial charge in [-0.05, 0) is 18.6 Å². The van der Waals surface area contributed by atoms with Crippen LogP contribution in [0.3, 0.4) is 0 Å². The first-order chi connectivity index (χ1) is 8.49. The number of nitrogens with one attached hydrogen (secondary N) is 1. The minimum Gasteiger partial charge on any atom is -0.497 e. The summed E-state index contributed by atoms with van der Waals surface area (Å²) < 4.78 is 10.4. The number of ketones is 1. The molecule has 0 heterocycles. The van der Waals surface area contributed by atoms with Crippen molar-refractivity contribution >= 4 is 11.7 Å². The molecular formula is C13H17NO4. The first-order valence-electron chi connectivity index (χ1n) is 5.49. The van der Waals surface area contributed by atoms with Crippen molar-refractivity contribution in [3.05, 3.63) is 23.3 Å². The standard InChI is InChI=1S/C13H17NO4/c1-8-5-10(17-3)6-12(18-4)11(8)7-14-13(16)9(2)15/h5-6H,7H2,1-4H3,(H,14,16). The highest BCUT2D eigenvalue weighted by molar-refractivity contribution is 6.35. The Balaban J connectivity index is 2.94. The Bertz CT molecular complexity index is 468. The highest BCUT2D eigenvalue weighted by Crippen LogP contribution is 2.28. The van der Waals surface area contributed by atoms with Crippen molar-refractivity contribution in [3.63, 3.8) is 0 Å². The summed E-state index contributed by atoms with van der Waals surface area (Å²) in [7, 11) is 3.12. The molecule has 0 saturated carbocycles. The van der Waals surface area contributed by atoms with Gasteiger partial charge in [0, 0.05) is 25.1 Å². The Morgan fingerprint density at radius 2 is 1.89 bits per heavy atom. The largest absolute Gasteiger partial charge is 0.497 e. The Kier molecular flexibility index (Phi) is 4.71. The highest BCUT2D eigenvalue weighted by Gasteiger charge is 2.12. The number of aryl methyl sites for hydroxylation is 1. The van der Waals surface area contributed by atoms with Crippen LogP contribution < -0.4 is 14.8 Å². The number of benzene rings is 1. The third-order valence-electron chi connectivity index (χ3n) is 2.61. The molecule has 0 atom stereocenters. The first-order valence-corrected chi connectivity index (χ1v) is 5.49. The van der Waals surface area contributed by atoms with E-state index < -0.39 is 11.7 Å². The maximum absolute atomic E-state index is 11.2. The molecule has 0 bridgehead atoms. The number of Topliss-reactive ketones (excluding diaryl/α,β-unsaturated/α-hetero) is 1. The van der Waals surface area contributed by atoms with Crippen LogP contribution in [0.25, 0.3) is 0 Å². The Morgan fingerprint density at radius 1 is 1.22 bits per heavy atom.